The van der Waals surface area contributed by atoms with Crippen LogP contribution in [-0.4, -0.2) is 30.8 Å². The van der Waals surface area contributed by atoms with Gasteiger partial charge in [0.15, 0.2) is 5.58 Å². The molecule has 2 rings (SSSR count). The number of aromatic amines is 1. The molecule has 0 bridgehead atoms. The lowest BCUT2D eigenvalue weighted by atomic mass is 10.3. The average molecular weight is 285 g/mol. The molecule has 7 nitrogen and oxygen atoms in total. The molecular weight excluding hydrogens is 270 g/mol. The molecule has 2 aromatic rings. The summed E-state index contributed by atoms with van der Waals surface area (Å²) in [7, 11) is -3.63. The minimum Gasteiger partial charge on any atom is -0.408 e. The Balaban J connectivity index is 2.66. The van der Waals surface area contributed by atoms with Crippen molar-refractivity contribution in [3.63, 3.8) is 0 Å². The highest BCUT2D eigenvalue weighted by atomic mass is 32.2. The molecule has 0 radical (unpaired) electrons. The molecule has 0 saturated carbocycles. The van der Waals surface area contributed by atoms with Crippen molar-refractivity contribution in [3.8, 4) is 0 Å². The molecule has 0 unspecified atom stereocenters. The van der Waals surface area contributed by atoms with Crippen molar-refractivity contribution in [1.29, 1.82) is 0 Å². The van der Waals surface area contributed by atoms with Crippen molar-refractivity contribution in [3.05, 3.63) is 22.7 Å². The number of fused-ring (bicyclic) bond motifs is 1. The zero-order valence-electron chi connectivity index (χ0n) is 10.6. The van der Waals surface area contributed by atoms with Gasteiger partial charge in [0.05, 0.1) is 10.6 Å². The zero-order chi connectivity index (χ0) is 14.2. The van der Waals surface area contributed by atoms with Crippen LogP contribution in [0.5, 0.6) is 0 Å². The fourth-order valence-electron chi connectivity index (χ4n) is 1.91. The summed E-state index contributed by atoms with van der Waals surface area (Å²) < 4.78 is 30.8. The van der Waals surface area contributed by atoms with E-state index in [1.165, 1.54) is 16.4 Å². The highest BCUT2D eigenvalue weighted by Gasteiger charge is 2.23. The van der Waals surface area contributed by atoms with Gasteiger partial charge in [0, 0.05) is 19.2 Å². The number of benzene rings is 1. The van der Waals surface area contributed by atoms with Crippen LogP contribution < -0.4 is 11.5 Å². The Kier molecular flexibility index (Phi) is 3.38. The van der Waals surface area contributed by atoms with Crippen LogP contribution in [0.4, 0.5) is 5.69 Å². The van der Waals surface area contributed by atoms with Crippen LogP contribution >= 0.6 is 0 Å². The SMILES string of the molecule is CCN(CC)S(=O)(=O)c1cc(N)c2[nH]c(=O)oc2c1. The van der Waals surface area contributed by atoms with Crippen molar-refractivity contribution in [2.75, 3.05) is 18.8 Å². The fraction of sp³-hybridized carbons (Fsp3) is 0.364. The van der Waals surface area contributed by atoms with Crippen molar-refractivity contribution in [1.82, 2.24) is 9.29 Å². The number of aromatic nitrogens is 1. The second-order valence-corrected chi connectivity index (χ2v) is 5.93. The van der Waals surface area contributed by atoms with Crippen LogP contribution in [0, 0.1) is 0 Å². The number of sulfonamides is 1. The van der Waals surface area contributed by atoms with Gasteiger partial charge in [0.25, 0.3) is 0 Å². The largest absolute Gasteiger partial charge is 0.417 e. The van der Waals surface area contributed by atoms with Crippen LogP contribution in [-0.2, 0) is 10.0 Å². The summed E-state index contributed by atoms with van der Waals surface area (Å²) in [6.07, 6.45) is 0. The van der Waals surface area contributed by atoms with E-state index >= 15 is 0 Å². The number of nitrogens with one attached hydrogen (secondary N) is 1. The van der Waals surface area contributed by atoms with Gasteiger partial charge in [-0.1, -0.05) is 13.8 Å². The van der Waals surface area contributed by atoms with Gasteiger partial charge in [-0.2, -0.15) is 4.31 Å². The van der Waals surface area contributed by atoms with Gasteiger partial charge in [0.1, 0.15) is 5.52 Å². The Labute approximate surface area is 110 Å². The molecule has 1 heterocycles. The number of H-pyrrole nitrogens is 1. The summed E-state index contributed by atoms with van der Waals surface area (Å²) in [6, 6.07) is 2.62. The van der Waals surface area contributed by atoms with Crippen LogP contribution in [0.3, 0.4) is 0 Å². The zero-order valence-corrected chi connectivity index (χ0v) is 11.5. The van der Waals surface area contributed by atoms with Crippen molar-refractivity contribution >= 4 is 26.8 Å². The number of hydrogen-bond acceptors (Lipinski definition) is 5. The first-order valence-electron chi connectivity index (χ1n) is 5.82. The highest BCUT2D eigenvalue weighted by Crippen LogP contribution is 2.25. The number of hydrogen-bond donors (Lipinski definition) is 2. The van der Waals surface area contributed by atoms with E-state index in [-0.39, 0.29) is 16.2 Å². The minimum atomic E-state index is -3.63. The molecule has 0 atom stereocenters. The summed E-state index contributed by atoms with van der Waals surface area (Å²) in [4.78, 5) is 13.5. The van der Waals surface area contributed by atoms with Gasteiger partial charge < -0.3 is 10.2 Å². The average Bonchev–Trinajstić information content (AvgIpc) is 2.71. The van der Waals surface area contributed by atoms with Gasteiger partial charge in [-0.15, -0.1) is 0 Å². The van der Waals surface area contributed by atoms with Gasteiger partial charge in [-0.05, 0) is 6.07 Å². The maximum absolute atomic E-state index is 12.3. The normalized spacial score (nSPS) is 12.4. The highest BCUT2D eigenvalue weighted by molar-refractivity contribution is 7.89. The Hall–Kier alpha value is -1.80. The monoisotopic (exact) mass is 285 g/mol. The molecule has 0 fully saturated rings. The molecule has 1 aromatic carbocycles. The van der Waals surface area contributed by atoms with E-state index in [4.69, 9.17) is 10.2 Å². The lowest BCUT2D eigenvalue weighted by molar-refractivity contribution is 0.445. The predicted octanol–water partition coefficient (Wildman–Crippen LogP) is 0.734. The van der Waals surface area contributed by atoms with Crippen LogP contribution in [0.2, 0.25) is 0 Å². The smallest absolute Gasteiger partial charge is 0.408 e. The minimum absolute atomic E-state index is 0.0175. The summed E-state index contributed by atoms with van der Waals surface area (Å²) in [6.45, 7) is 4.21. The van der Waals surface area contributed by atoms with Crippen LogP contribution in [0.1, 0.15) is 13.8 Å². The summed E-state index contributed by atoms with van der Waals surface area (Å²) in [5.74, 6) is -0.668. The molecule has 104 valence electrons. The molecule has 0 saturated heterocycles. The maximum atomic E-state index is 12.3. The fourth-order valence-corrected chi connectivity index (χ4v) is 3.42. The van der Waals surface area contributed by atoms with Gasteiger partial charge in [-0.3, -0.25) is 4.98 Å². The molecule has 0 aliphatic carbocycles. The third kappa shape index (κ3) is 2.24. The Morgan fingerprint density at radius 1 is 1.32 bits per heavy atom. The van der Waals surface area contributed by atoms with Crippen LogP contribution in [0.15, 0.2) is 26.2 Å². The molecule has 1 aromatic heterocycles. The lowest BCUT2D eigenvalue weighted by Gasteiger charge is -2.18. The lowest BCUT2D eigenvalue weighted by Crippen LogP contribution is -2.30. The summed E-state index contributed by atoms with van der Waals surface area (Å²) in [5, 5.41) is 0. The van der Waals surface area contributed by atoms with Crippen molar-refractivity contribution in [2.45, 2.75) is 18.7 Å². The van der Waals surface area contributed by atoms with Crippen molar-refractivity contribution in [2.24, 2.45) is 0 Å². The standard InChI is InChI=1S/C11H15N3O4S/c1-3-14(4-2)19(16,17)7-5-8(12)10-9(6-7)18-11(15)13-10/h5-6H,3-4,12H2,1-2H3,(H,13,15). The topological polar surface area (TPSA) is 109 Å². The molecule has 19 heavy (non-hydrogen) atoms. The quantitative estimate of drug-likeness (QED) is 0.805. The number of anilines is 1. The third-order valence-corrected chi connectivity index (χ3v) is 4.91. The van der Waals surface area contributed by atoms with Crippen LogP contribution in [0.25, 0.3) is 11.1 Å². The van der Waals surface area contributed by atoms with E-state index in [2.05, 4.69) is 4.98 Å². The number of nitrogens with two attached hydrogens (primary N) is 1. The van der Waals surface area contributed by atoms with Gasteiger partial charge in [0.2, 0.25) is 10.0 Å². The molecule has 0 aliphatic heterocycles. The van der Waals surface area contributed by atoms with E-state index in [0.29, 0.717) is 18.6 Å². The first-order chi connectivity index (χ1) is 8.90. The van der Waals surface area contributed by atoms with Gasteiger partial charge >= 0.3 is 5.76 Å². The number of nitrogens with zero attached hydrogens (tertiary/aromatic N) is 1. The Morgan fingerprint density at radius 3 is 2.53 bits per heavy atom. The molecule has 0 aliphatic rings. The Bertz CT molecular complexity index is 756. The Morgan fingerprint density at radius 2 is 1.95 bits per heavy atom. The van der Waals surface area contributed by atoms with Gasteiger partial charge in [-0.25, -0.2) is 13.2 Å². The maximum Gasteiger partial charge on any atom is 0.417 e. The van der Waals surface area contributed by atoms with E-state index in [1.807, 2.05) is 0 Å². The molecule has 8 heteroatoms. The number of nitrogen functional groups attached to an aromatic ring is 1. The second kappa shape index (κ2) is 4.71. The first kappa shape index (κ1) is 13.6. The third-order valence-electron chi connectivity index (χ3n) is 2.88. The first-order valence-corrected chi connectivity index (χ1v) is 7.26. The molecule has 3 N–H and O–H groups in total. The molecular formula is C11H15N3O4S. The predicted molar refractivity (Wildman–Crippen MR) is 71.4 cm³/mol. The summed E-state index contributed by atoms with van der Waals surface area (Å²) >= 11 is 0. The molecule has 0 amide bonds. The van der Waals surface area contributed by atoms with E-state index in [9.17, 15) is 13.2 Å². The van der Waals surface area contributed by atoms with E-state index in [1.54, 1.807) is 13.8 Å². The van der Waals surface area contributed by atoms with E-state index < -0.39 is 15.8 Å². The molecule has 0 spiro atoms. The second-order valence-electron chi connectivity index (χ2n) is 3.99. The van der Waals surface area contributed by atoms with E-state index in [0.717, 1.165) is 0 Å². The van der Waals surface area contributed by atoms with Crippen molar-refractivity contribution < 1.29 is 12.8 Å². The number of oxazole rings is 1. The number of rotatable bonds is 4. The summed E-state index contributed by atoms with van der Waals surface area (Å²) in [5.41, 5.74) is 6.34.